The van der Waals surface area contributed by atoms with Gasteiger partial charge in [0.15, 0.2) is 0 Å². The molecule has 0 atom stereocenters. The number of carboxylic acids is 1. The summed E-state index contributed by atoms with van der Waals surface area (Å²) in [6.07, 6.45) is 1.51. The molecule has 1 aromatic rings. The fourth-order valence-corrected chi connectivity index (χ4v) is 0.839. The predicted octanol–water partition coefficient (Wildman–Crippen LogP) is 0.657. The van der Waals surface area contributed by atoms with E-state index in [1.54, 1.807) is 6.92 Å². The largest absolute Gasteiger partial charge is 0.475 e. The minimum Gasteiger partial charge on any atom is -0.475 e. The number of aryl methyl sites for hydroxylation is 1. The van der Waals surface area contributed by atoms with Crippen LogP contribution in [0.1, 0.15) is 16.1 Å². The minimum atomic E-state index is -1.45. The number of ketones is 1. The Morgan fingerprint density at radius 1 is 1.50 bits per heavy atom. The number of rotatable bonds is 2. The molecule has 1 heterocycles. The summed E-state index contributed by atoms with van der Waals surface area (Å²) in [5.41, 5.74) is 0.579. The van der Waals surface area contributed by atoms with Crippen molar-refractivity contribution < 1.29 is 14.7 Å². The molecule has 0 aliphatic rings. The Morgan fingerprint density at radius 2 is 2.17 bits per heavy atom. The van der Waals surface area contributed by atoms with Crippen molar-refractivity contribution in [3.05, 3.63) is 29.6 Å². The molecule has 12 heavy (non-hydrogen) atoms. The first-order chi connectivity index (χ1) is 5.63. The van der Waals surface area contributed by atoms with E-state index in [-0.39, 0.29) is 5.56 Å². The number of carboxylic acid groups (broad SMARTS) is 1. The van der Waals surface area contributed by atoms with Gasteiger partial charge in [-0.25, -0.2) is 4.79 Å². The zero-order valence-electron chi connectivity index (χ0n) is 6.44. The Balaban J connectivity index is 3.11. The quantitative estimate of drug-likeness (QED) is 0.516. The van der Waals surface area contributed by atoms with Gasteiger partial charge in [-0.3, -0.25) is 9.78 Å². The Bertz CT molecular complexity index is 333. The van der Waals surface area contributed by atoms with E-state index in [0.29, 0.717) is 5.69 Å². The Hall–Kier alpha value is -1.71. The van der Waals surface area contributed by atoms with Gasteiger partial charge < -0.3 is 5.11 Å². The third kappa shape index (κ3) is 1.47. The molecule has 1 rings (SSSR count). The molecule has 0 aliphatic heterocycles. The van der Waals surface area contributed by atoms with Gasteiger partial charge in [0.1, 0.15) is 0 Å². The lowest BCUT2D eigenvalue weighted by Crippen LogP contribution is -2.14. The van der Waals surface area contributed by atoms with Crippen LogP contribution in [0.5, 0.6) is 0 Å². The molecule has 0 saturated heterocycles. The third-order valence-electron chi connectivity index (χ3n) is 1.45. The average Bonchev–Trinajstić information content (AvgIpc) is 2.04. The van der Waals surface area contributed by atoms with E-state index in [4.69, 9.17) is 5.11 Å². The van der Waals surface area contributed by atoms with Gasteiger partial charge in [0.2, 0.25) is 0 Å². The number of hydrogen-bond acceptors (Lipinski definition) is 3. The second-order valence-electron chi connectivity index (χ2n) is 2.27. The highest BCUT2D eigenvalue weighted by molar-refractivity contribution is 6.40. The van der Waals surface area contributed by atoms with Crippen molar-refractivity contribution >= 4 is 11.8 Å². The first kappa shape index (κ1) is 8.39. The lowest BCUT2D eigenvalue weighted by molar-refractivity contribution is -0.131. The Morgan fingerprint density at radius 3 is 2.67 bits per heavy atom. The van der Waals surface area contributed by atoms with Crippen LogP contribution >= 0.6 is 0 Å². The predicted molar refractivity (Wildman–Crippen MR) is 40.9 cm³/mol. The number of pyridine rings is 1. The van der Waals surface area contributed by atoms with Crippen molar-refractivity contribution in [2.45, 2.75) is 6.92 Å². The maximum atomic E-state index is 10.9. The Kier molecular flexibility index (Phi) is 2.19. The van der Waals surface area contributed by atoms with Crippen molar-refractivity contribution in [3.63, 3.8) is 0 Å². The normalized spacial score (nSPS) is 9.42. The SMILES string of the molecule is Cc1ncccc1C(=O)C(=O)O. The summed E-state index contributed by atoms with van der Waals surface area (Å²) in [6, 6.07) is 2.97. The molecule has 0 unspecified atom stereocenters. The molecule has 4 heteroatoms. The van der Waals surface area contributed by atoms with Crippen LogP contribution < -0.4 is 0 Å². The number of aliphatic carboxylic acids is 1. The highest BCUT2D eigenvalue weighted by atomic mass is 16.4. The molecule has 4 nitrogen and oxygen atoms in total. The molecule has 0 fully saturated rings. The molecule has 0 amide bonds. The zero-order valence-corrected chi connectivity index (χ0v) is 6.44. The van der Waals surface area contributed by atoms with Gasteiger partial charge in [-0.15, -0.1) is 0 Å². The summed E-state index contributed by atoms with van der Waals surface area (Å²) in [5.74, 6) is -2.37. The lowest BCUT2D eigenvalue weighted by Gasteiger charge is -1.97. The number of aromatic nitrogens is 1. The first-order valence-electron chi connectivity index (χ1n) is 3.32. The maximum absolute atomic E-state index is 10.9. The van der Waals surface area contributed by atoms with Gasteiger partial charge in [-0.2, -0.15) is 0 Å². The number of nitrogens with zero attached hydrogens (tertiary/aromatic N) is 1. The Labute approximate surface area is 68.9 Å². The third-order valence-corrected chi connectivity index (χ3v) is 1.45. The highest BCUT2D eigenvalue weighted by Gasteiger charge is 2.16. The maximum Gasteiger partial charge on any atom is 0.377 e. The van der Waals surface area contributed by atoms with Crippen molar-refractivity contribution in [1.82, 2.24) is 4.98 Å². The lowest BCUT2D eigenvalue weighted by atomic mass is 10.1. The van der Waals surface area contributed by atoms with Gasteiger partial charge >= 0.3 is 5.97 Å². The van der Waals surface area contributed by atoms with Crippen LogP contribution in [0, 0.1) is 6.92 Å². The molecule has 0 spiro atoms. The standard InChI is InChI=1S/C8H7NO3/c1-5-6(3-2-4-9-5)7(10)8(11)12/h2-4H,1H3,(H,11,12). The molecule has 0 bridgehead atoms. The van der Waals surface area contributed by atoms with Gasteiger partial charge in [0.05, 0.1) is 5.56 Å². The van der Waals surface area contributed by atoms with E-state index < -0.39 is 11.8 Å². The smallest absolute Gasteiger partial charge is 0.377 e. The summed E-state index contributed by atoms with van der Waals surface area (Å²) >= 11 is 0. The van der Waals surface area contributed by atoms with Crippen LogP contribution in [0.2, 0.25) is 0 Å². The number of Topliss-reactive ketones (excluding diaryl/α,β-unsaturated/α-hetero) is 1. The van der Waals surface area contributed by atoms with E-state index in [1.807, 2.05) is 0 Å². The van der Waals surface area contributed by atoms with Gasteiger partial charge in [0, 0.05) is 11.9 Å². The number of hydrogen-bond donors (Lipinski definition) is 1. The second kappa shape index (κ2) is 3.13. The number of carbonyl (C=O) groups is 2. The molecular weight excluding hydrogens is 158 g/mol. The van der Waals surface area contributed by atoms with Crippen molar-refractivity contribution in [3.8, 4) is 0 Å². The highest BCUT2D eigenvalue weighted by Crippen LogP contribution is 2.04. The first-order valence-corrected chi connectivity index (χ1v) is 3.32. The van der Waals surface area contributed by atoms with Gasteiger partial charge in [0.25, 0.3) is 5.78 Å². The average molecular weight is 165 g/mol. The van der Waals surface area contributed by atoms with Crippen molar-refractivity contribution in [2.24, 2.45) is 0 Å². The molecule has 0 aromatic carbocycles. The zero-order chi connectivity index (χ0) is 9.14. The van der Waals surface area contributed by atoms with Crippen molar-refractivity contribution in [1.29, 1.82) is 0 Å². The number of carbonyl (C=O) groups excluding carboxylic acids is 1. The van der Waals surface area contributed by atoms with E-state index in [2.05, 4.69) is 4.98 Å². The van der Waals surface area contributed by atoms with Crippen LogP contribution in [-0.4, -0.2) is 21.8 Å². The van der Waals surface area contributed by atoms with Crippen LogP contribution in [0.15, 0.2) is 18.3 Å². The summed E-state index contributed by atoms with van der Waals surface area (Å²) < 4.78 is 0. The molecule has 0 saturated carbocycles. The second-order valence-corrected chi connectivity index (χ2v) is 2.27. The monoisotopic (exact) mass is 165 g/mol. The van der Waals surface area contributed by atoms with Crippen LogP contribution in [0.25, 0.3) is 0 Å². The van der Waals surface area contributed by atoms with Crippen molar-refractivity contribution in [2.75, 3.05) is 0 Å². The fourth-order valence-electron chi connectivity index (χ4n) is 0.839. The molecular formula is C8H7NO3. The molecule has 62 valence electrons. The molecule has 1 N–H and O–H groups in total. The summed E-state index contributed by atoms with van der Waals surface area (Å²) in [6.45, 7) is 1.59. The van der Waals surface area contributed by atoms with Gasteiger partial charge in [-0.1, -0.05) is 0 Å². The summed E-state index contributed by atoms with van der Waals surface area (Å²) in [4.78, 5) is 25.0. The molecule has 1 aromatic heterocycles. The van der Waals surface area contributed by atoms with E-state index >= 15 is 0 Å². The van der Waals surface area contributed by atoms with E-state index in [0.717, 1.165) is 0 Å². The van der Waals surface area contributed by atoms with E-state index in [1.165, 1.54) is 18.3 Å². The summed E-state index contributed by atoms with van der Waals surface area (Å²) in [5, 5.41) is 8.38. The van der Waals surface area contributed by atoms with E-state index in [9.17, 15) is 9.59 Å². The molecule has 0 radical (unpaired) electrons. The minimum absolute atomic E-state index is 0.144. The summed E-state index contributed by atoms with van der Waals surface area (Å²) in [7, 11) is 0. The van der Waals surface area contributed by atoms with Crippen LogP contribution in [0.4, 0.5) is 0 Å². The van der Waals surface area contributed by atoms with Crippen LogP contribution in [0.3, 0.4) is 0 Å². The fraction of sp³-hybridized carbons (Fsp3) is 0.125. The van der Waals surface area contributed by atoms with Crippen LogP contribution in [-0.2, 0) is 4.79 Å². The molecule has 0 aliphatic carbocycles. The topological polar surface area (TPSA) is 67.3 Å². The van der Waals surface area contributed by atoms with Gasteiger partial charge in [-0.05, 0) is 19.1 Å².